The minimum Gasteiger partial charge on any atom is -0.427 e. The fraction of sp³-hybridized carbons (Fsp3) is 0.500. The molecule has 0 saturated carbocycles. The lowest BCUT2D eigenvalue weighted by Gasteiger charge is -2.35. The zero-order chi connectivity index (χ0) is 14.3. The Labute approximate surface area is 120 Å². The molecule has 0 aromatic heterocycles. The van der Waals surface area contributed by atoms with E-state index < -0.39 is 0 Å². The van der Waals surface area contributed by atoms with Crippen LogP contribution in [0.2, 0.25) is 0 Å². The van der Waals surface area contributed by atoms with Crippen molar-refractivity contribution in [3.05, 3.63) is 46.7 Å². The van der Waals surface area contributed by atoms with Crippen LogP contribution in [0.25, 0.3) is 0 Å². The van der Waals surface area contributed by atoms with Crippen LogP contribution in [0.15, 0.2) is 35.6 Å². The smallest absolute Gasteiger partial charge is 0.343 e. The first-order valence-electron chi connectivity index (χ1n) is 7.51. The van der Waals surface area contributed by atoms with Gasteiger partial charge in [-0.05, 0) is 41.9 Å². The van der Waals surface area contributed by atoms with Gasteiger partial charge in [0, 0.05) is 12.3 Å². The first kappa shape index (κ1) is 13.4. The van der Waals surface area contributed by atoms with E-state index in [1.807, 2.05) is 18.2 Å². The van der Waals surface area contributed by atoms with Gasteiger partial charge in [-0.25, -0.2) is 4.79 Å². The van der Waals surface area contributed by atoms with Crippen molar-refractivity contribution in [2.75, 3.05) is 0 Å². The molecule has 1 aromatic carbocycles. The summed E-state index contributed by atoms with van der Waals surface area (Å²) < 4.78 is 5.71. The van der Waals surface area contributed by atoms with Crippen molar-refractivity contribution in [2.24, 2.45) is 5.41 Å². The standard InChI is InChI=1S/C18H22O2/c1-18(2,3)16-12-8-4-5-9-13(12)17(19)20-15-11-7-6-10-14(15)16/h4-5,8-9,16H,6-7,10-11H2,1-3H3. The van der Waals surface area contributed by atoms with Crippen LogP contribution in [-0.2, 0) is 4.74 Å². The third kappa shape index (κ3) is 2.17. The quantitative estimate of drug-likeness (QED) is 0.632. The lowest BCUT2D eigenvalue weighted by molar-refractivity contribution is 0.0607. The molecule has 1 unspecified atom stereocenters. The molecule has 0 radical (unpaired) electrons. The number of allylic oxidation sites excluding steroid dienone is 2. The van der Waals surface area contributed by atoms with Crippen molar-refractivity contribution in [1.82, 2.24) is 0 Å². The summed E-state index contributed by atoms with van der Waals surface area (Å²) in [5.74, 6) is 1.04. The topological polar surface area (TPSA) is 26.3 Å². The number of ether oxygens (including phenoxy) is 1. The summed E-state index contributed by atoms with van der Waals surface area (Å²) in [5.41, 5.74) is 3.31. The van der Waals surface area contributed by atoms with Crippen molar-refractivity contribution >= 4 is 5.97 Å². The van der Waals surface area contributed by atoms with Gasteiger partial charge in [0.1, 0.15) is 5.76 Å². The summed E-state index contributed by atoms with van der Waals surface area (Å²) in [4.78, 5) is 12.4. The SMILES string of the molecule is CC(C)(C)C1C2=C(CCCC2)OC(=O)c2ccccc21. The molecule has 3 rings (SSSR count). The van der Waals surface area contributed by atoms with Crippen LogP contribution in [0.1, 0.15) is 68.3 Å². The number of fused-ring (bicyclic) bond motifs is 1. The minimum absolute atomic E-state index is 0.0853. The molecule has 0 saturated heterocycles. The van der Waals surface area contributed by atoms with Crippen molar-refractivity contribution in [2.45, 2.75) is 52.4 Å². The lowest BCUT2D eigenvalue weighted by atomic mass is 9.69. The van der Waals surface area contributed by atoms with Crippen molar-refractivity contribution in [3.8, 4) is 0 Å². The molecule has 1 heterocycles. The molecular formula is C18H22O2. The van der Waals surface area contributed by atoms with Crippen molar-refractivity contribution in [3.63, 3.8) is 0 Å². The van der Waals surface area contributed by atoms with E-state index in [2.05, 4.69) is 26.8 Å². The third-order valence-corrected chi connectivity index (χ3v) is 4.38. The minimum atomic E-state index is -0.179. The Balaban J connectivity index is 2.23. The van der Waals surface area contributed by atoms with Crippen LogP contribution in [0.5, 0.6) is 0 Å². The van der Waals surface area contributed by atoms with Crippen LogP contribution in [0.4, 0.5) is 0 Å². The highest BCUT2D eigenvalue weighted by Crippen LogP contribution is 2.48. The number of rotatable bonds is 0. The Bertz CT molecular complexity index is 575. The first-order chi connectivity index (χ1) is 9.48. The monoisotopic (exact) mass is 270 g/mol. The average Bonchev–Trinajstić information content (AvgIpc) is 2.52. The molecular weight excluding hydrogens is 248 g/mol. The van der Waals surface area contributed by atoms with Gasteiger partial charge in [0.15, 0.2) is 0 Å². The normalized spacial score (nSPS) is 22.8. The van der Waals surface area contributed by atoms with Gasteiger partial charge in [0.05, 0.1) is 5.56 Å². The van der Waals surface area contributed by atoms with Crippen LogP contribution in [-0.4, -0.2) is 5.97 Å². The van der Waals surface area contributed by atoms with E-state index in [-0.39, 0.29) is 17.3 Å². The number of carbonyl (C=O) groups excluding carboxylic acids is 1. The van der Waals surface area contributed by atoms with Gasteiger partial charge >= 0.3 is 5.97 Å². The molecule has 1 aromatic rings. The average molecular weight is 270 g/mol. The van der Waals surface area contributed by atoms with Crippen LogP contribution in [0.3, 0.4) is 0 Å². The zero-order valence-corrected chi connectivity index (χ0v) is 12.5. The van der Waals surface area contributed by atoms with E-state index in [1.54, 1.807) is 0 Å². The second-order valence-corrected chi connectivity index (χ2v) is 6.93. The van der Waals surface area contributed by atoms with Gasteiger partial charge in [0.2, 0.25) is 0 Å². The summed E-state index contributed by atoms with van der Waals surface area (Å²) in [6, 6.07) is 7.94. The Morgan fingerprint density at radius 1 is 1.10 bits per heavy atom. The van der Waals surface area contributed by atoms with E-state index in [0.717, 1.165) is 36.1 Å². The van der Waals surface area contributed by atoms with Crippen LogP contribution < -0.4 is 0 Å². The lowest BCUT2D eigenvalue weighted by Crippen LogP contribution is -2.23. The summed E-state index contributed by atoms with van der Waals surface area (Å²) >= 11 is 0. The molecule has 2 nitrogen and oxygen atoms in total. The molecule has 2 aliphatic rings. The van der Waals surface area contributed by atoms with Crippen molar-refractivity contribution < 1.29 is 9.53 Å². The summed E-state index contributed by atoms with van der Waals surface area (Å²) in [7, 11) is 0. The fourth-order valence-electron chi connectivity index (χ4n) is 3.60. The van der Waals surface area contributed by atoms with E-state index >= 15 is 0 Å². The molecule has 0 N–H and O–H groups in total. The summed E-state index contributed by atoms with van der Waals surface area (Å²) in [5, 5.41) is 0. The van der Waals surface area contributed by atoms with E-state index in [1.165, 1.54) is 12.0 Å². The number of carbonyl (C=O) groups is 1. The van der Waals surface area contributed by atoms with Crippen molar-refractivity contribution in [1.29, 1.82) is 0 Å². The predicted octanol–water partition coefficient (Wildman–Crippen LogP) is 4.81. The maximum atomic E-state index is 12.4. The molecule has 1 aliphatic heterocycles. The maximum absolute atomic E-state index is 12.4. The van der Waals surface area contributed by atoms with E-state index in [4.69, 9.17) is 4.74 Å². The highest BCUT2D eigenvalue weighted by molar-refractivity contribution is 5.93. The Morgan fingerprint density at radius 2 is 1.80 bits per heavy atom. The third-order valence-electron chi connectivity index (χ3n) is 4.38. The second kappa shape index (κ2) is 4.76. The fourth-order valence-corrected chi connectivity index (χ4v) is 3.60. The highest BCUT2D eigenvalue weighted by Gasteiger charge is 2.38. The number of benzene rings is 1. The van der Waals surface area contributed by atoms with Gasteiger partial charge in [-0.1, -0.05) is 39.0 Å². The molecule has 0 fully saturated rings. The van der Waals surface area contributed by atoms with E-state index in [9.17, 15) is 4.79 Å². The molecule has 20 heavy (non-hydrogen) atoms. The molecule has 1 atom stereocenters. The van der Waals surface area contributed by atoms with E-state index in [0.29, 0.717) is 0 Å². The van der Waals surface area contributed by atoms with Gasteiger partial charge in [-0.3, -0.25) is 0 Å². The second-order valence-electron chi connectivity index (χ2n) is 6.93. The molecule has 1 aliphatic carbocycles. The van der Waals surface area contributed by atoms with Crippen LogP contribution >= 0.6 is 0 Å². The largest absolute Gasteiger partial charge is 0.427 e. The maximum Gasteiger partial charge on any atom is 0.343 e. The zero-order valence-electron chi connectivity index (χ0n) is 12.5. The Hall–Kier alpha value is -1.57. The molecule has 0 bridgehead atoms. The first-order valence-corrected chi connectivity index (χ1v) is 7.51. The molecule has 2 heteroatoms. The molecule has 0 spiro atoms. The Kier molecular flexibility index (Phi) is 3.19. The summed E-state index contributed by atoms with van der Waals surface area (Å²) in [6.45, 7) is 6.76. The molecule has 106 valence electrons. The number of hydrogen-bond donors (Lipinski definition) is 0. The number of hydrogen-bond acceptors (Lipinski definition) is 2. The van der Waals surface area contributed by atoms with Gasteiger partial charge in [-0.15, -0.1) is 0 Å². The predicted molar refractivity (Wildman–Crippen MR) is 79.5 cm³/mol. The van der Waals surface area contributed by atoms with Gasteiger partial charge in [0.25, 0.3) is 0 Å². The summed E-state index contributed by atoms with van der Waals surface area (Å²) in [6.07, 6.45) is 4.28. The Morgan fingerprint density at radius 3 is 2.55 bits per heavy atom. The van der Waals surface area contributed by atoms with Gasteiger partial charge < -0.3 is 4.74 Å². The highest BCUT2D eigenvalue weighted by atomic mass is 16.5. The van der Waals surface area contributed by atoms with Gasteiger partial charge in [-0.2, -0.15) is 0 Å². The van der Waals surface area contributed by atoms with Crippen LogP contribution in [0, 0.1) is 5.41 Å². The number of esters is 1. The molecule has 0 amide bonds.